The van der Waals surface area contributed by atoms with Crippen LogP contribution in [-0.2, 0) is 4.79 Å². The van der Waals surface area contributed by atoms with E-state index in [1.165, 1.54) is 4.90 Å². The van der Waals surface area contributed by atoms with Crippen LogP contribution < -0.4 is 10.6 Å². The zero-order valence-corrected chi connectivity index (χ0v) is 12.3. The number of imide groups is 1. The minimum Gasteiger partial charge on any atom is -0.390 e. The van der Waals surface area contributed by atoms with Crippen molar-refractivity contribution in [3.8, 4) is 0 Å². The molecule has 2 heterocycles. The Morgan fingerprint density at radius 2 is 2.10 bits per heavy atom. The maximum absolute atomic E-state index is 12.4. The van der Waals surface area contributed by atoms with Crippen LogP contribution in [0.25, 0.3) is 0 Å². The Hall–Kier alpha value is -1.18. The minimum absolute atomic E-state index is 0.415. The molecule has 0 radical (unpaired) electrons. The molecule has 114 valence electrons. The van der Waals surface area contributed by atoms with Crippen molar-refractivity contribution in [2.75, 3.05) is 20.8 Å². The maximum atomic E-state index is 12.4. The van der Waals surface area contributed by atoms with Gasteiger partial charge in [0.2, 0.25) is 0 Å². The Balaban J connectivity index is 2.26. The number of likely N-dealkylation sites (N-methyl/N-ethyl adjacent to an activating group) is 2. The Bertz CT molecular complexity index is 403. The second kappa shape index (κ2) is 5.67. The van der Waals surface area contributed by atoms with Gasteiger partial charge in [0.25, 0.3) is 5.91 Å². The Morgan fingerprint density at radius 1 is 1.40 bits per heavy atom. The summed E-state index contributed by atoms with van der Waals surface area (Å²) in [6.45, 7) is 2.55. The molecule has 2 saturated heterocycles. The first-order chi connectivity index (χ1) is 9.46. The lowest BCUT2D eigenvalue weighted by Gasteiger charge is -2.47. The van der Waals surface area contributed by atoms with E-state index >= 15 is 0 Å². The topological polar surface area (TPSA) is 84.9 Å². The number of carbonyl (C=O) groups is 2. The van der Waals surface area contributed by atoms with E-state index in [-0.39, 0.29) is 0 Å². The molecule has 20 heavy (non-hydrogen) atoms. The third kappa shape index (κ3) is 2.10. The third-order valence-corrected chi connectivity index (χ3v) is 4.45. The van der Waals surface area contributed by atoms with Crippen LogP contribution in [0.5, 0.6) is 0 Å². The number of amides is 3. The molecule has 2 rings (SSSR count). The fraction of sp³-hybridized carbons (Fsp3) is 0.846. The molecule has 0 saturated carbocycles. The molecule has 0 aromatic heterocycles. The van der Waals surface area contributed by atoms with Gasteiger partial charge in [-0.3, -0.25) is 20.3 Å². The fourth-order valence-electron chi connectivity index (χ4n) is 3.25. The highest BCUT2D eigenvalue weighted by molar-refractivity contribution is 6.03. The standard InChI is InChI=1S/C13H24N4O3/c1-4-5-6-7-9(18)13-10(14-8-16(13)2)17(3)12(20)15-11(13)19/h9-10,14,18H,4-8H2,1-3H3,(H,15,19,20). The number of hydrogen-bond acceptors (Lipinski definition) is 5. The fourth-order valence-corrected chi connectivity index (χ4v) is 3.25. The maximum Gasteiger partial charge on any atom is 0.325 e. The van der Waals surface area contributed by atoms with Crippen molar-refractivity contribution in [1.82, 2.24) is 20.4 Å². The Labute approximate surface area is 119 Å². The van der Waals surface area contributed by atoms with Gasteiger partial charge < -0.3 is 10.0 Å². The molecule has 3 amide bonds. The Kier molecular flexibility index (Phi) is 4.31. The molecule has 2 fully saturated rings. The van der Waals surface area contributed by atoms with Crippen molar-refractivity contribution in [1.29, 1.82) is 0 Å². The summed E-state index contributed by atoms with van der Waals surface area (Å²) in [4.78, 5) is 27.4. The van der Waals surface area contributed by atoms with Crippen molar-refractivity contribution >= 4 is 11.9 Å². The van der Waals surface area contributed by atoms with Gasteiger partial charge in [-0.15, -0.1) is 0 Å². The van der Waals surface area contributed by atoms with Crippen LogP contribution in [0.3, 0.4) is 0 Å². The summed E-state index contributed by atoms with van der Waals surface area (Å²) in [5.74, 6) is -0.415. The lowest BCUT2D eigenvalue weighted by Crippen LogP contribution is -2.76. The van der Waals surface area contributed by atoms with Gasteiger partial charge in [0.05, 0.1) is 12.8 Å². The van der Waals surface area contributed by atoms with Gasteiger partial charge in [-0.2, -0.15) is 0 Å². The molecule has 0 spiro atoms. The molecule has 0 bridgehead atoms. The van der Waals surface area contributed by atoms with Crippen LogP contribution in [0, 0.1) is 0 Å². The van der Waals surface area contributed by atoms with Crippen LogP contribution >= 0.6 is 0 Å². The highest BCUT2D eigenvalue weighted by Crippen LogP contribution is 2.34. The third-order valence-electron chi connectivity index (χ3n) is 4.45. The van der Waals surface area contributed by atoms with Crippen molar-refractivity contribution in [3.63, 3.8) is 0 Å². The SMILES string of the molecule is CCCCCC(O)C12C(=O)NC(=O)N(C)C1NCN2C. The number of nitrogens with one attached hydrogen (secondary N) is 2. The van der Waals surface area contributed by atoms with E-state index in [2.05, 4.69) is 17.6 Å². The smallest absolute Gasteiger partial charge is 0.325 e. The summed E-state index contributed by atoms with van der Waals surface area (Å²) in [7, 11) is 3.42. The second-order valence-corrected chi connectivity index (χ2v) is 5.67. The van der Waals surface area contributed by atoms with Gasteiger partial charge >= 0.3 is 6.03 Å². The van der Waals surface area contributed by atoms with Gasteiger partial charge in [0, 0.05) is 7.05 Å². The van der Waals surface area contributed by atoms with E-state index in [4.69, 9.17) is 0 Å². The van der Waals surface area contributed by atoms with Crippen molar-refractivity contribution in [2.24, 2.45) is 0 Å². The molecule has 3 atom stereocenters. The van der Waals surface area contributed by atoms with E-state index in [0.717, 1.165) is 19.3 Å². The summed E-state index contributed by atoms with van der Waals surface area (Å²) in [6.07, 6.45) is 2.18. The molecular weight excluding hydrogens is 260 g/mol. The lowest BCUT2D eigenvalue weighted by molar-refractivity contribution is -0.145. The van der Waals surface area contributed by atoms with Crippen molar-refractivity contribution in [3.05, 3.63) is 0 Å². The average Bonchev–Trinajstić information content (AvgIpc) is 2.75. The van der Waals surface area contributed by atoms with E-state index in [1.807, 2.05) is 0 Å². The van der Waals surface area contributed by atoms with Crippen LogP contribution in [-0.4, -0.2) is 65.4 Å². The van der Waals surface area contributed by atoms with E-state index < -0.39 is 29.7 Å². The molecule has 7 nitrogen and oxygen atoms in total. The molecule has 2 aliphatic heterocycles. The number of aliphatic hydroxyl groups is 1. The number of nitrogens with zero attached hydrogens (tertiary/aromatic N) is 2. The second-order valence-electron chi connectivity index (χ2n) is 5.67. The van der Waals surface area contributed by atoms with Gasteiger partial charge in [0.1, 0.15) is 6.17 Å². The van der Waals surface area contributed by atoms with Gasteiger partial charge in [-0.05, 0) is 13.5 Å². The van der Waals surface area contributed by atoms with Crippen LogP contribution in [0.1, 0.15) is 32.6 Å². The molecule has 2 aliphatic rings. The number of aliphatic hydroxyl groups excluding tert-OH is 1. The summed E-state index contributed by atoms with van der Waals surface area (Å²) >= 11 is 0. The molecule has 0 aromatic carbocycles. The van der Waals surface area contributed by atoms with Gasteiger partial charge in [-0.1, -0.05) is 26.2 Å². The number of rotatable bonds is 5. The van der Waals surface area contributed by atoms with Crippen LogP contribution in [0.2, 0.25) is 0 Å². The predicted molar refractivity (Wildman–Crippen MR) is 73.7 cm³/mol. The molecule has 0 aliphatic carbocycles. The lowest BCUT2D eigenvalue weighted by atomic mass is 9.83. The summed E-state index contributed by atoms with van der Waals surface area (Å²) in [5, 5.41) is 16.1. The van der Waals surface area contributed by atoms with Crippen LogP contribution in [0.4, 0.5) is 4.79 Å². The van der Waals surface area contributed by atoms with Gasteiger partial charge in [-0.25, -0.2) is 4.79 Å². The first kappa shape index (κ1) is 15.2. The van der Waals surface area contributed by atoms with Gasteiger partial charge in [0.15, 0.2) is 5.54 Å². The average molecular weight is 284 g/mol. The molecule has 3 unspecified atom stereocenters. The highest BCUT2D eigenvalue weighted by Gasteiger charge is 2.62. The largest absolute Gasteiger partial charge is 0.390 e. The van der Waals surface area contributed by atoms with Crippen molar-refractivity contribution < 1.29 is 14.7 Å². The first-order valence-corrected chi connectivity index (χ1v) is 7.17. The molecule has 0 aromatic rings. The Morgan fingerprint density at radius 3 is 2.75 bits per heavy atom. The van der Waals surface area contributed by atoms with E-state index in [9.17, 15) is 14.7 Å². The van der Waals surface area contributed by atoms with E-state index in [0.29, 0.717) is 13.1 Å². The summed E-state index contributed by atoms with van der Waals surface area (Å²) < 4.78 is 0. The minimum atomic E-state index is -1.10. The highest BCUT2D eigenvalue weighted by atomic mass is 16.3. The van der Waals surface area contributed by atoms with Crippen LogP contribution in [0.15, 0.2) is 0 Å². The molecule has 3 N–H and O–H groups in total. The number of urea groups is 1. The summed E-state index contributed by atoms with van der Waals surface area (Å²) in [6, 6.07) is -0.431. The number of unbranched alkanes of at least 4 members (excludes halogenated alkanes) is 2. The number of carbonyl (C=O) groups excluding carboxylic acids is 2. The zero-order valence-electron chi connectivity index (χ0n) is 12.3. The number of fused-ring (bicyclic) bond motifs is 1. The monoisotopic (exact) mass is 284 g/mol. The summed E-state index contributed by atoms with van der Waals surface area (Å²) in [5.41, 5.74) is -1.10. The molecular formula is C13H24N4O3. The van der Waals surface area contributed by atoms with E-state index in [1.54, 1.807) is 19.0 Å². The normalized spacial score (nSPS) is 32.2. The van der Waals surface area contributed by atoms with Crippen molar-refractivity contribution in [2.45, 2.75) is 50.4 Å². The first-order valence-electron chi connectivity index (χ1n) is 7.17. The quantitative estimate of drug-likeness (QED) is 0.602. The number of hydrogen-bond donors (Lipinski definition) is 3. The molecule has 7 heteroatoms. The predicted octanol–water partition coefficient (Wildman–Crippen LogP) is -0.333. The zero-order chi connectivity index (χ0) is 14.9.